The van der Waals surface area contributed by atoms with E-state index in [1.807, 2.05) is 0 Å². The van der Waals surface area contributed by atoms with E-state index in [4.69, 9.17) is 5.11 Å². The SMILES string of the molecule is O=C(O)c1cncnc1NCC1CC1. The second-order valence-corrected chi connectivity index (χ2v) is 3.41. The first kappa shape index (κ1) is 8.93. The maximum atomic E-state index is 10.8. The van der Waals surface area contributed by atoms with E-state index in [0.29, 0.717) is 11.7 Å². The average Bonchev–Trinajstić information content (AvgIpc) is 2.98. The molecule has 0 aliphatic heterocycles. The van der Waals surface area contributed by atoms with Gasteiger partial charge < -0.3 is 10.4 Å². The van der Waals surface area contributed by atoms with E-state index in [1.165, 1.54) is 25.4 Å². The molecule has 0 radical (unpaired) electrons. The number of aromatic nitrogens is 2. The van der Waals surface area contributed by atoms with E-state index in [0.717, 1.165) is 6.54 Å². The van der Waals surface area contributed by atoms with E-state index >= 15 is 0 Å². The van der Waals surface area contributed by atoms with Crippen molar-refractivity contribution in [2.24, 2.45) is 5.92 Å². The van der Waals surface area contributed by atoms with Crippen LogP contribution in [0.2, 0.25) is 0 Å². The number of aromatic carboxylic acids is 1. The van der Waals surface area contributed by atoms with E-state index in [2.05, 4.69) is 15.3 Å². The van der Waals surface area contributed by atoms with Gasteiger partial charge in [-0.05, 0) is 18.8 Å². The van der Waals surface area contributed by atoms with Crippen molar-refractivity contribution in [3.63, 3.8) is 0 Å². The summed E-state index contributed by atoms with van der Waals surface area (Å²) in [4.78, 5) is 18.3. The summed E-state index contributed by atoms with van der Waals surface area (Å²) in [7, 11) is 0. The smallest absolute Gasteiger partial charge is 0.341 e. The molecule has 2 rings (SSSR count). The summed E-state index contributed by atoms with van der Waals surface area (Å²) in [5.74, 6) is 0.106. The van der Waals surface area contributed by atoms with E-state index in [9.17, 15) is 4.79 Å². The minimum Gasteiger partial charge on any atom is -0.477 e. The standard InChI is InChI=1S/C9H11N3O2/c13-9(14)7-4-10-5-12-8(7)11-3-6-1-2-6/h4-6H,1-3H2,(H,13,14)(H,10,11,12). The van der Waals surface area contributed by atoms with Crippen molar-refractivity contribution >= 4 is 11.8 Å². The fraction of sp³-hybridized carbons (Fsp3) is 0.444. The normalized spacial score (nSPS) is 15.1. The van der Waals surface area contributed by atoms with Gasteiger partial charge in [0.25, 0.3) is 0 Å². The van der Waals surface area contributed by atoms with Crippen molar-refractivity contribution in [3.8, 4) is 0 Å². The van der Waals surface area contributed by atoms with E-state index in [-0.39, 0.29) is 5.56 Å². The molecule has 1 aromatic rings. The van der Waals surface area contributed by atoms with Crippen molar-refractivity contribution < 1.29 is 9.90 Å². The van der Waals surface area contributed by atoms with Crippen LogP contribution in [-0.2, 0) is 0 Å². The van der Waals surface area contributed by atoms with E-state index in [1.54, 1.807) is 0 Å². The molecule has 5 nitrogen and oxygen atoms in total. The van der Waals surface area contributed by atoms with Crippen molar-refractivity contribution in [1.29, 1.82) is 0 Å². The second kappa shape index (κ2) is 3.61. The Kier molecular flexibility index (Phi) is 2.30. The fourth-order valence-corrected chi connectivity index (χ4v) is 1.19. The number of anilines is 1. The molecule has 1 aliphatic carbocycles. The highest BCUT2D eigenvalue weighted by atomic mass is 16.4. The van der Waals surface area contributed by atoms with Crippen molar-refractivity contribution in [3.05, 3.63) is 18.1 Å². The lowest BCUT2D eigenvalue weighted by Gasteiger charge is -2.05. The van der Waals surface area contributed by atoms with Crippen LogP contribution in [0.4, 0.5) is 5.82 Å². The maximum absolute atomic E-state index is 10.8. The van der Waals surface area contributed by atoms with Crippen LogP contribution >= 0.6 is 0 Å². The number of carboxylic acids is 1. The van der Waals surface area contributed by atoms with Gasteiger partial charge in [0, 0.05) is 12.7 Å². The van der Waals surface area contributed by atoms with Gasteiger partial charge in [-0.3, -0.25) is 0 Å². The van der Waals surface area contributed by atoms with Crippen LogP contribution in [0.3, 0.4) is 0 Å². The Balaban J connectivity index is 2.09. The minimum absolute atomic E-state index is 0.133. The molecular weight excluding hydrogens is 182 g/mol. The zero-order valence-corrected chi connectivity index (χ0v) is 7.60. The molecule has 1 aromatic heterocycles. The maximum Gasteiger partial charge on any atom is 0.341 e. The van der Waals surface area contributed by atoms with Crippen LogP contribution in [-0.4, -0.2) is 27.6 Å². The summed E-state index contributed by atoms with van der Waals surface area (Å²) in [6.45, 7) is 0.803. The number of carbonyl (C=O) groups is 1. The van der Waals surface area contributed by atoms with Crippen LogP contribution in [0.25, 0.3) is 0 Å². The summed E-state index contributed by atoms with van der Waals surface area (Å²) in [6, 6.07) is 0. The lowest BCUT2D eigenvalue weighted by molar-refractivity contribution is 0.0697. The van der Waals surface area contributed by atoms with Crippen LogP contribution in [0.15, 0.2) is 12.5 Å². The van der Waals surface area contributed by atoms with Gasteiger partial charge in [-0.2, -0.15) is 0 Å². The molecule has 0 bridgehead atoms. The second-order valence-electron chi connectivity index (χ2n) is 3.41. The Bertz CT molecular complexity index is 350. The molecule has 74 valence electrons. The molecule has 0 spiro atoms. The predicted molar refractivity (Wildman–Crippen MR) is 50.2 cm³/mol. The molecule has 1 aliphatic rings. The van der Waals surface area contributed by atoms with Gasteiger partial charge in [0.15, 0.2) is 0 Å². The molecule has 1 fully saturated rings. The van der Waals surface area contributed by atoms with Crippen molar-refractivity contribution in [2.45, 2.75) is 12.8 Å². The first-order chi connectivity index (χ1) is 6.77. The molecular formula is C9H11N3O2. The predicted octanol–water partition coefficient (Wildman–Crippen LogP) is 0.997. The topological polar surface area (TPSA) is 75.1 Å². The van der Waals surface area contributed by atoms with Crippen LogP contribution in [0.5, 0.6) is 0 Å². The lowest BCUT2D eigenvalue weighted by atomic mass is 10.3. The zero-order valence-electron chi connectivity index (χ0n) is 7.60. The first-order valence-corrected chi connectivity index (χ1v) is 4.54. The number of carboxylic acid groups (broad SMARTS) is 1. The Hall–Kier alpha value is -1.65. The highest BCUT2D eigenvalue weighted by molar-refractivity contribution is 5.92. The number of nitrogens with one attached hydrogen (secondary N) is 1. The van der Waals surface area contributed by atoms with Crippen LogP contribution in [0, 0.1) is 5.92 Å². The Labute approximate surface area is 81.2 Å². The molecule has 1 saturated carbocycles. The third kappa shape index (κ3) is 1.99. The Morgan fingerprint density at radius 1 is 1.64 bits per heavy atom. The Morgan fingerprint density at radius 3 is 3.07 bits per heavy atom. The highest BCUT2D eigenvalue weighted by Gasteiger charge is 2.21. The van der Waals surface area contributed by atoms with Gasteiger partial charge in [-0.15, -0.1) is 0 Å². The third-order valence-corrected chi connectivity index (χ3v) is 2.20. The highest BCUT2D eigenvalue weighted by Crippen LogP contribution is 2.28. The van der Waals surface area contributed by atoms with Gasteiger partial charge in [0.05, 0.1) is 0 Å². The molecule has 0 saturated heterocycles. The van der Waals surface area contributed by atoms with Crippen LogP contribution in [0.1, 0.15) is 23.2 Å². The zero-order chi connectivity index (χ0) is 9.97. The van der Waals surface area contributed by atoms with Gasteiger partial charge in [-0.25, -0.2) is 14.8 Å². The minimum atomic E-state index is -0.996. The molecule has 1 heterocycles. The van der Waals surface area contributed by atoms with Crippen LogP contribution < -0.4 is 5.32 Å². The molecule has 0 unspecified atom stereocenters. The summed E-state index contributed by atoms with van der Waals surface area (Å²) in [5.41, 5.74) is 0.133. The van der Waals surface area contributed by atoms with Gasteiger partial charge in [0.1, 0.15) is 17.7 Å². The third-order valence-electron chi connectivity index (χ3n) is 2.20. The number of nitrogens with zero attached hydrogens (tertiary/aromatic N) is 2. The lowest BCUT2D eigenvalue weighted by Crippen LogP contribution is -2.10. The molecule has 0 amide bonds. The summed E-state index contributed by atoms with van der Waals surface area (Å²) >= 11 is 0. The summed E-state index contributed by atoms with van der Waals surface area (Å²) in [6.07, 6.45) is 5.10. The summed E-state index contributed by atoms with van der Waals surface area (Å²) in [5, 5.41) is 11.9. The van der Waals surface area contributed by atoms with Gasteiger partial charge in [-0.1, -0.05) is 0 Å². The monoisotopic (exact) mass is 193 g/mol. The number of rotatable bonds is 4. The first-order valence-electron chi connectivity index (χ1n) is 4.54. The Morgan fingerprint density at radius 2 is 2.43 bits per heavy atom. The summed E-state index contributed by atoms with van der Waals surface area (Å²) < 4.78 is 0. The quantitative estimate of drug-likeness (QED) is 0.746. The van der Waals surface area contributed by atoms with Gasteiger partial charge >= 0.3 is 5.97 Å². The fourth-order valence-electron chi connectivity index (χ4n) is 1.19. The largest absolute Gasteiger partial charge is 0.477 e. The average molecular weight is 193 g/mol. The molecule has 0 atom stereocenters. The number of hydrogen-bond acceptors (Lipinski definition) is 4. The molecule has 0 aromatic carbocycles. The van der Waals surface area contributed by atoms with Crippen molar-refractivity contribution in [2.75, 3.05) is 11.9 Å². The van der Waals surface area contributed by atoms with Gasteiger partial charge in [0.2, 0.25) is 0 Å². The molecule has 5 heteroatoms. The van der Waals surface area contributed by atoms with Crippen molar-refractivity contribution in [1.82, 2.24) is 9.97 Å². The van der Waals surface area contributed by atoms with E-state index < -0.39 is 5.97 Å². The molecule has 2 N–H and O–H groups in total. The molecule has 14 heavy (non-hydrogen) atoms. The number of hydrogen-bond donors (Lipinski definition) is 2.